The molecular formula is C25H22Cl2N2O3S2. The van der Waals surface area contributed by atoms with Crippen LogP contribution in [0.1, 0.15) is 28.6 Å². The van der Waals surface area contributed by atoms with E-state index in [0.29, 0.717) is 34.2 Å². The number of anilines is 2. The SMILES string of the molecule is CCCN(c1ccc2sc(C(=O)Nc3cccc(Cl)c3Cl)cc2c1)S(=O)(=O)c1ccc(C)cc1. The Morgan fingerprint density at radius 1 is 1.03 bits per heavy atom. The van der Waals surface area contributed by atoms with Crippen LogP contribution in [0.5, 0.6) is 0 Å². The maximum absolute atomic E-state index is 13.4. The van der Waals surface area contributed by atoms with E-state index >= 15 is 0 Å². The number of carbonyl (C=O) groups is 1. The summed E-state index contributed by atoms with van der Waals surface area (Å²) in [5, 5.41) is 4.20. The van der Waals surface area contributed by atoms with Crippen LogP contribution in [-0.2, 0) is 10.0 Å². The van der Waals surface area contributed by atoms with Crippen molar-refractivity contribution in [1.82, 2.24) is 0 Å². The number of hydrogen-bond donors (Lipinski definition) is 1. The molecule has 9 heteroatoms. The molecule has 3 aromatic carbocycles. The van der Waals surface area contributed by atoms with Crippen molar-refractivity contribution in [3.63, 3.8) is 0 Å². The van der Waals surface area contributed by atoms with E-state index in [9.17, 15) is 13.2 Å². The minimum Gasteiger partial charge on any atom is -0.320 e. The topological polar surface area (TPSA) is 66.5 Å². The fourth-order valence-corrected chi connectivity index (χ4v) is 6.35. The number of nitrogens with one attached hydrogen (secondary N) is 1. The third-order valence-corrected chi connectivity index (χ3v) is 9.02. The fourth-order valence-electron chi connectivity index (χ4n) is 3.51. The van der Waals surface area contributed by atoms with Crippen LogP contribution in [0.15, 0.2) is 71.6 Å². The van der Waals surface area contributed by atoms with Gasteiger partial charge in [-0.2, -0.15) is 0 Å². The second-order valence-corrected chi connectivity index (χ2v) is 11.5. The summed E-state index contributed by atoms with van der Waals surface area (Å²) in [6.45, 7) is 4.19. The number of benzene rings is 3. The highest BCUT2D eigenvalue weighted by atomic mass is 35.5. The molecule has 0 saturated heterocycles. The van der Waals surface area contributed by atoms with Crippen molar-refractivity contribution < 1.29 is 13.2 Å². The molecule has 0 unspecified atom stereocenters. The van der Waals surface area contributed by atoms with E-state index in [0.717, 1.165) is 15.6 Å². The molecule has 1 heterocycles. The van der Waals surface area contributed by atoms with Gasteiger partial charge in [0.25, 0.3) is 15.9 Å². The summed E-state index contributed by atoms with van der Waals surface area (Å²) >= 11 is 13.5. The first-order chi connectivity index (χ1) is 16.2. The third kappa shape index (κ3) is 4.93. The van der Waals surface area contributed by atoms with Crippen LogP contribution >= 0.6 is 34.5 Å². The van der Waals surface area contributed by atoms with Gasteiger partial charge in [-0.25, -0.2) is 8.42 Å². The standard InChI is InChI=1S/C25H22Cl2N2O3S2/c1-3-13-29(34(31,32)19-10-7-16(2)8-11-19)18-9-12-22-17(14-18)15-23(33-22)25(30)28-21-6-4-5-20(26)24(21)27/h4-12,14-15H,3,13H2,1-2H3,(H,28,30). The first kappa shape index (κ1) is 24.5. The smallest absolute Gasteiger partial charge is 0.265 e. The lowest BCUT2D eigenvalue weighted by Gasteiger charge is -2.24. The van der Waals surface area contributed by atoms with Gasteiger partial charge in [0.1, 0.15) is 0 Å². The van der Waals surface area contributed by atoms with Crippen molar-refractivity contribution in [2.45, 2.75) is 25.2 Å². The molecule has 176 valence electrons. The van der Waals surface area contributed by atoms with Gasteiger partial charge in [-0.05, 0) is 67.3 Å². The Morgan fingerprint density at radius 2 is 1.76 bits per heavy atom. The lowest BCUT2D eigenvalue weighted by atomic mass is 10.2. The summed E-state index contributed by atoms with van der Waals surface area (Å²) < 4.78 is 29.1. The highest BCUT2D eigenvalue weighted by Gasteiger charge is 2.25. The zero-order valence-corrected chi connectivity index (χ0v) is 21.7. The van der Waals surface area contributed by atoms with Crippen LogP contribution < -0.4 is 9.62 Å². The molecule has 0 atom stereocenters. The van der Waals surface area contributed by atoms with Gasteiger partial charge in [-0.1, -0.05) is 53.9 Å². The summed E-state index contributed by atoms with van der Waals surface area (Å²) in [7, 11) is -3.73. The van der Waals surface area contributed by atoms with Gasteiger partial charge >= 0.3 is 0 Å². The number of rotatable bonds is 7. The van der Waals surface area contributed by atoms with Crippen LogP contribution in [0.3, 0.4) is 0 Å². The fraction of sp³-hybridized carbons (Fsp3) is 0.160. The van der Waals surface area contributed by atoms with E-state index in [2.05, 4.69) is 5.32 Å². The predicted molar refractivity (Wildman–Crippen MR) is 142 cm³/mol. The van der Waals surface area contributed by atoms with Crippen LogP contribution in [-0.4, -0.2) is 20.9 Å². The zero-order valence-electron chi connectivity index (χ0n) is 18.5. The van der Waals surface area contributed by atoms with Gasteiger partial charge in [0.05, 0.1) is 31.2 Å². The molecule has 0 aliphatic carbocycles. The average Bonchev–Trinajstić information content (AvgIpc) is 3.24. The highest BCUT2D eigenvalue weighted by Crippen LogP contribution is 2.34. The molecule has 0 aliphatic rings. The molecule has 34 heavy (non-hydrogen) atoms. The zero-order chi connectivity index (χ0) is 24.5. The minimum atomic E-state index is -3.73. The van der Waals surface area contributed by atoms with Crippen LogP contribution in [0, 0.1) is 6.92 Å². The van der Waals surface area contributed by atoms with Crippen molar-refractivity contribution in [3.05, 3.63) is 87.2 Å². The molecule has 0 saturated carbocycles. The maximum atomic E-state index is 13.4. The number of nitrogens with zero attached hydrogens (tertiary/aromatic N) is 1. The van der Waals surface area contributed by atoms with Gasteiger partial charge in [-0.3, -0.25) is 9.10 Å². The number of sulfonamides is 1. The van der Waals surface area contributed by atoms with Crippen molar-refractivity contribution in [2.75, 3.05) is 16.2 Å². The average molecular weight is 534 g/mol. The van der Waals surface area contributed by atoms with E-state index in [1.54, 1.807) is 60.7 Å². The second kappa shape index (κ2) is 9.96. The molecule has 0 fully saturated rings. The Balaban J connectivity index is 1.66. The third-order valence-electron chi connectivity index (χ3n) is 5.25. The summed E-state index contributed by atoms with van der Waals surface area (Å²) in [6, 6.07) is 19.0. The summed E-state index contributed by atoms with van der Waals surface area (Å²) in [5.74, 6) is -0.315. The van der Waals surface area contributed by atoms with Gasteiger partial charge in [0.2, 0.25) is 0 Å². The monoisotopic (exact) mass is 532 g/mol. The molecule has 0 radical (unpaired) electrons. The van der Waals surface area contributed by atoms with Crippen molar-refractivity contribution in [3.8, 4) is 0 Å². The first-order valence-corrected chi connectivity index (χ1v) is 13.6. The quantitative estimate of drug-likeness (QED) is 0.270. The van der Waals surface area contributed by atoms with Crippen LogP contribution in [0.4, 0.5) is 11.4 Å². The Labute approximate surface area is 213 Å². The molecule has 0 aliphatic heterocycles. The molecule has 1 aromatic heterocycles. The number of amides is 1. The minimum absolute atomic E-state index is 0.246. The molecule has 0 bridgehead atoms. The van der Waals surface area contributed by atoms with E-state index in [1.807, 2.05) is 19.9 Å². The lowest BCUT2D eigenvalue weighted by Crippen LogP contribution is -2.31. The largest absolute Gasteiger partial charge is 0.320 e. The molecule has 5 nitrogen and oxygen atoms in total. The Kier molecular flexibility index (Phi) is 7.19. The molecule has 4 rings (SSSR count). The Hall–Kier alpha value is -2.58. The number of carbonyl (C=O) groups excluding carboxylic acids is 1. The van der Waals surface area contributed by atoms with Gasteiger partial charge < -0.3 is 5.32 Å². The molecule has 1 N–H and O–H groups in total. The van der Waals surface area contributed by atoms with E-state index in [-0.39, 0.29) is 15.8 Å². The number of aryl methyl sites for hydroxylation is 1. The summed E-state index contributed by atoms with van der Waals surface area (Å²) in [6.07, 6.45) is 0.654. The predicted octanol–water partition coefficient (Wildman–Crippen LogP) is 7.37. The Morgan fingerprint density at radius 3 is 2.47 bits per heavy atom. The normalized spacial score (nSPS) is 11.5. The summed E-state index contributed by atoms with van der Waals surface area (Å²) in [4.78, 5) is 13.6. The molecule has 4 aromatic rings. The number of hydrogen-bond acceptors (Lipinski definition) is 4. The number of halogens is 2. The highest BCUT2D eigenvalue weighted by molar-refractivity contribution is 7.92. The van der Waals surface area contributed by atoms with Gasteiger partial charge in [0, 0.05) is 11.2 Å². The van der Waals surface area contributed by atoms with Crippen molar-refractivity contribution >= 4 is 71.9 Å². The number of thiophene rings is 1. The summed E-state index contributed by atoms with van der Waals surface area (Å²) in [5.41, 5.74) is 1.97. The molecular weight excluding hydrogens is 511 g/mol. The van der Waals surface area contributed by atoms with Gasteiger partial charge in [-0.15, -0.1) is 11.3 Å². The van der Waals surface area contributed by atoms with Gasteiger partial charge in [0.15, 0.2) is 0 Å². The van der Waals surface area contributed by atoms with Crippen LogP contribution in [0.2, 0.25) is 10.0 Å². The Bertz CT molecular complexity index is 1470. The van der Waals surface area contributed by atoms with E-state index < -0.39 is 10.0 Å². The molecule has 0 spiro atoms. The van der Waals surface area contributed by atoms with Crippen molar-refractivity contribution in [2.24, 2.45) is 0 Å². The van der Waals surface area contributed by atoms with Crippen LogP contribution in [0.25, 0.3) is 10.1 Å². The first-order valence-electron chi connectivity index (χ1n) is 10.6. The van der Waals surface area contributed by atoms with E-state index in [4.69, 9.17) is 23.2 Å². The maximum Gasteiger partial charge on any atom is 0.265 e. The van der Waals surface area contributed by atoms with Crippen molar-refractivity contribution in [1.29, 1.82) is 0 Å². The number of fused-ring (bicyclic) bond motifs is 1. The van der Waals surface area contributed by atoms with E-state index in [1.165, 1.54) is 15.6 Å². The second-order valence-electron chi connectivity index (χ2n) is 7.78. The lowest BCUT2D eigenvalue weighted by molar-refractivity contribution is 0.103. The molecule has 1 amide bonds.